The van der Waals surface area contributed by atoms with Gasteiger partial charge in [-0.05, 0) is 30.3 Å². The Morgan fingerprint density at radius 1 is 1.21 bits per heavy atom. The van der Waals surface area contributed by atoms with Crippen LogP contribution in [0.5, 0.6) is 5.75 Å². The summed E-state index contributed by atoms with van der Waals surface area (Å²) in [5.74, 6) is 0.886. The number of para-hydroxylation sites is 1. The van der Waals surface area contributed by atoms with Crippen molar-refractivity contribution < 1.29 is 4.74 Å². The van der Waals surface area contributed by atoms with E-state index in [-0.39, 0.29) is 0 Å². The molecule has 0 saturated heterocycles. The zero-order chi connectivity index (χ0) is 13.2. The topological polar surface area (TPSA) is 48.1 Å². The van der Waals surface area contributed by atoms with E-state index in [1.807, 2.05) is 24.3 Å². The number of benzene rings is 2. The molecule has 19 heavy (non-hydrogen) atoms. The number of hydrogen-bond acceptors (Lipinski definition) is 5. The largest absolute Gasteiger partial charge is 0.496 e. The number of fused-ring (bicyclic) bond motifs is 1. The minimum absolute atomic E-state index is 0.606. The summed E-state index contributed by atoms with van der Waals surface area (Å²) in [6.45, 7) is 0. The summed E-state index contributed by atoms with van der Waals surface area (Å²) in [4.78, 5) is 6.51. The van der Waals surface area contributed by atoms with Crippen LogP contribution in [-0.4, -0.2) is 12.1 Å². The first-order chi connectivity index (χ1) is 9.26. The number of thiazole rings is 1. The molecule has 3 aromatic rings. The molecule has 0 bridgehead atoms. The van der Waals surface area contributed by atoms with Crippen LogP contribution in [0.3, 0.4) is 0 Å². The van der Waals surface area contributed by atoms with Gasteiger partial charge in [-0.25, -0.2) is 4.98 Å². The Hall–Kier alpha value is -1.72. The average molecular weight is 288 g/mol. The maximum Gasteiger partial charge on any atom is 0.181 e. The molecule has 1 heterocycles. The molecule has 3 rings (SSSR count). The van der Waals surface area contributed by atoms with E-state index in [0.29, 0.717) is 5.13 Å². The molecular formula is C14H12N2OS2. The van der Waals surface area contributed by atoms with Crippen molar-refractivity contribution in [3.05, 3.63) is 42.5 Å². The maximum absolute atomic E-state index is 5.72. The number of nitrogens with zero attached hydrogens (tertiary/aromatic N) is 1. The molecule has 0 fully saturated rings. The monoisotopic (exact) mass is 288 g/mol. The fourth-order valence-electron chi connectivity index (χ4n) is 1.82. The summed E-state index contributed by atoms with van der Waals surface area (Å²) in [5, 5.41) is 0.606. The van der Waals surface area contributed by atoms with E-state index in [1.54, 1.807) is 18.9 Å². The van der Waals surface area contributed by atoms with Gasteiger partial charge in [0.15, 0.2) is 5.13 Å². The Kier molecular flexibility index (Phi) is 3.31. The highest BCUT2D eigenvalue weighted by atomic mass is 32.2. The summed E-state index contributed by atoms with van der Waals surface area (Å²) in [6, 6.07) is 14.2. The van der Waals surface area contributed by atoms with Gasteiger partial charge in [0.25, 0.3) is 0 Å². The fraction of sp³-hybridized carbons (Fsp3) is 0.0714. The van der Waals surface area contributed by atoms with Gasteiger partial charge in [0, 0.05) is 4.90 Å². The molecule has 0 aliphatic carbocycles. The number of hydrogen-bond donors (Lipinski definition) is 1. The second kappa shape index (κ2) is 5.11. The molecule has 0 amide bonds. The summed E-state index contributed by atoms with van der Waals surface area (Å²) in [7, 11) is 1.69. The lowest BCUT2D eigenvalue weighted by atomic mass is 10.3. The van der Waals surface area contributed by atoms with Gasteiger partial charge in [0.2, 0.25) is 0 Å². The van der Waals surface area contributed by atoms with Crippen molar-refractivity contribution in [2.24, 2.45) is 0 Å². The Morgan fingerprint density at radius 2 is 2.05 bits per heavy atom. The minimum atomic E-state index is 0.606. The molecule has 0 spiro atoms. The minimum Gasteiger partial charge on any atom is -0.496 e. The maximum atomic E-state index is 5.72. The Morgan fingerprint density at radius 3 is 2.89 bits per heavy atom. The van der Waals surface area contributed by atoms with E-state index in [1.165, 1.54) is 11.3 Å². The number of anilines is 1. The van der Waals surface area contributed by atoms with Crippen LogP contribution in [-0.2, 0) is 0 Å². The number of aromatic nitrogens is 1. The molecule has 5 heteroatoms. The lowest BCUT2D eigenvalue weighted by Crippen LogP contribution is -1.85. The van der Waals surface area contributed by atoms with E-state index in [4.69, 9.17) is 10.5 Å². The zero-order valence-corrected chi connectivity index (χ0v) is 11.9. The highest BCUT2D eigenvalue weighted by Gasteiger charge is 2.06. The Bertz CT molecular complexity index is 724. The van der Waals surface area contributed by atoms with Crippen LogP contribution in [0.2, 0.25) is 0 Å². The number of methoxy groups -OCH3 is 1. The molecule has 1 aromatic heterocycles. The first-order valence-electron chi connectivity index (χ1n) is 5.73. The van der Waals surface area contributed by atoms with E-state index < -0.39 is 0 Å². The van der Waals surface area contributed by atoms with Crippen molar-refractivity contribution in [1.29, 1.82) is 0 Å². The molecule has 0 aliphatic rings. The third-order valence-corrected chi connectivity index (χ3v) is 4.57. The van der Waals surface area contributed by atoms with Gasteiger partial charge < -0.3 is 10.5 Å². The SMILES string of the molecule is COc1ccccc1Sc1ccc2nc(N)sc2c1. The zero-order valence-electron chi connectivity index (χ0n) is 10.3. The quantitative estimate of drug-likeness (QED) is 0.790. The van der Waals surface area contributed by atoms with Gasteiger partial charge in [0.1, 0.15) is 5.75 Å². The third kappa shape index (κ3) is 2.52. The van der Waals surface area contributed by atoms with Gasteiger partial charge in [-0.3, -0.25) is 0 Å². The highest BCUT2D eigenvalue weighted by Crippen LogP contribution is 2.36. The first kappa shape index (κ1) is 12.3. The number of nitrogens with two attached hydrogens (primary N) is 1. The molecule has 0 radical (unpaired) electrons. The van der Waals surface area contributed by atoms with Crippen LogP contribution in [0.25, 0.3) is 10.2 Å². The fourth-order valence-corrected chi connectivity index (χ4v) is 3.63. The van der Waals surface area contributed by atoms with Crippen molar-refractivity contribution >= 4 is 38.4 Å². The number of ether oxygens (including phenoxy) is 1. The molecule has 0 saturated carbocycles. The predicted molar refractivity (Wildman–Crippen MR) is 81.1 cm³/mol. The molecule has 3 nitrogen and oxygen atoms in total. The summed E-state index contributed by atoms with van der Waals surface area (Å²) in [5.41, 5.74) is 6.67. The van der Waals surface area contributed by atoms with Gasteiger partial charge in [0.05, 0.1) is 22.2 Å². The lowest BCUT2D eigenvalue weighted by Gasteiger charge is -2.07. The van der Waals surface area contributed by atoms with Crippen molar-refractivity contribution in [3.8, 4) is 5.75 Å². The van der Waals surface area contributed by atoms with Gasteiger partial charge in [-0.15, -0.1) is 0 Å². The van der Waals surface area contributed by atoms with Crippen molar-refractivity contribution in [2.75, 3.05) is 12.8 Å². The van der Waals surface area contributed by atoms with Crippen molar-refractivity contribution in [1.82, 2.24) is 4.98 Å². The summed E-state index contributed by atoms with van der Waals surface area (Å²) < 4.78 is 6.47. The van der Waals surface area contributed by atoms with Crippen LogP contribution < -0.4 is 10.5 Å². The van der Waals surface area contributed by atoms with Crippen LogP contribution in [0.15, 0.2) is 52.3 Å². The lowest BCUT2D eigenvalue weighted by molar-refractivity contribution is 0.405. The number of rotatable bonds is 3. The van der Waals surface area contributed by atoms with Gasteiger partial charge >= 0.3 is 0 Å². The second-order valence-corrected chi connectivity index (χ2v) is 6.11. The first-order valence-corrected chi connectivity index (χ1v) is 7.36. The highest BCUT2D eigenvalue weighted by molar-refractivity contribution is 7.99. The van der Waals surface area contributed by atoms with E-state index in [2.05, 4.69) is 23.2 Å². The van der Waals surface area contributed by atoms with Crippen molar-refractivity contribution in [2.45, 2.75) is 9.79 Å². The molecule has 2 aromatic carbocycles. The second-order valence-electron chi connectivity index (χ2n) is 3.93. The predicted octanol–water partition coefficient (Wildman–Crippen LogP) is 4.04. The van der Waals surface area contributed by atoms with E-state index >= 15 is 0 Å². The van der Waals surface area contributed by atoms with E-state index in [9.17, 15) is 0 Å². The summed E-state index contributed by atoms with van der Waals surface area (Å²) in [6.07, 6.45) is 0. The molecule has 0 unspecified atom stereocenters. The molecule has 2 N–H and O–H groups in total. The average Bonchev–Trinajstić information content (AvgIpc) is 2.79. The van der Waals surface area contributed by atoms with Crippen LogP contribution in [0, 0.1) is 0 Å². The Labute approximate surface area is 119 Å². The summed E-state index contributed by atoms with van der Waals surface area (Å²) >= 11 is 3.18. The van der Waals surface area contributed by atoms with Crippen LogP contribution >= 0.6 is 23.1 Å². The van der Waals surface area contributed by atoms with Crippen LogP contribution in [0.4, 0.5) is 5.13 Å². The third-order valence-electron chi connectivity index (χ3n) is 2.67. The normalized spacial score (nSPS) is 10.8. The molecule has 0 atom stereocenters. The smallest absolute Gasteiger partial charge is 0.181 e. The molecule has 0 aliphatic heterocycles. The number of nitrogen functional groups attached to an aromatic ring is 1. The van der Waals surface area contributed by atoms with E-state index in [0.717, 1.165) is 25.8 Å². The molecular weight excluding hydrogens is 276 g/mol. The standard InChI is InChI=1S/C14H12N2OS2/c1-17-11-4-2-3-5-12(11)18-9-6-7-10-13(8-9)19-14(15)16-10/h2-8H,1H3,(H2,15,16). The van der Waals surface area contributed by atoms with Gasteiger partial charge in [-0.2, -0.15) is 0 Å². The van der Waals surface area contributed by atoms with Crippen molar-refractivity contribution in [3.63, 3.8) is 0 Å². The molecule has 96 valence electrons. The Balaban J connectivity index is 1.96. The van der Waals surface area contributed by atoms with Gasteiger partial charge in [-0.1, -0.05) is 35.2 Å². The van der Waals surface area contributed by atoms with Crippen LogP contribution in [0.1, 0.15) is 0 Å².